The molecule has 5 heteroatoms. The van der Waals surface area contributed by atoms with Crippen molar-refractivity contribution in [3.05, 3.63) is 18.1 Å². The Labute approximate surface area is 114 Å². The highest BCUT2D eigenvalue weighted by Crippen LogP contribution is 2.20. The van der Waals surface area contributed by atoms with Gasteiger partial charge in [0.1, 0.15) is 11.5 Å². The van der Waals surface area contributed by atoms with Crippen molar-refractivity contribution in [2.24, 2.45) is 5.92 Å². The molecule has 0 spiro atoms. The number of nitrogens with one attached hydrogen (secondary N) is 1. The quantitative estimate of drug-likeness (QED) is 0.903. The first-order chi connectivity index (χ1) is 9.06. The highest BCUT2D eigenvalue weighted by molar-refractivity contribution is 5.92. The van der Waals surface area contributed by atoms with Crippen molar-refractivity contribution in [2.75, 3.05) is 18.0 Å². The largest absolute Gasteiger partial charge is 0.355 e. The summed E-state index contributed by atoms with van der Waals surface area (Å²) < 4.78 is 0. The number of anilines is 1. The molecule has 1 aliphatic rings. The second kappa shape index (κ2) is 5.99. The molecule has 1 N–H and O–H groups in total. The summed E-state index contributed by atoms with van der Waals surface area (Å²) in [6, 6.07) is 0.109. The van der Waals surface area contributed by atoms with Gasteiger partial charge < -0.3 is 10.2 Å². The van der Waals surface area contributed by atoms with Gasteiger partial charge in [0, 0.05) is 19.1 Å². The Hall–Kier alpha value is -1.65. The second-order valence-electron chi connectivity index (χ2n) is 5.56. The summed E-state index contributed by atoms with van der Waals surface area (Å²) >= 11 is 0. The SMILES string of the molecule is CC1CCN(c2cnc(C(=O)NC(C)C)cn2)CC1. The van der Waals surface area contributed by atoms with E-state index in [1.807, 2.05) is 13.8 Å². The van der Waals surface area contributed by atoms with Gasteiger partial charge in [-0.05, 0) is 32.6 Å². The van der Waals surface area contributed by atoms with Gasteiger partial charge >= 0.3 is 0 Å². The molecular weight excluding hydrogens is 240 g/mol. The summed E-state index contributed by atoms with van der Waals surface area (Å²) in [7, 11) is 0. The Bertz CT molecular complexity index is 422. The Morgan fingerprint density at radius 2 is 2.00 bits per heavy atom. The molecule has 0 aliphatic carbocycles. The molecular formula is C14H22N4O. The normalized spacial score (nSPS) is 16.7. The van der Waals surface area contributed by atoms with E-state index in [0.29, 0.717) is 5.69 Å². The van der Waals surface area contributed by atoms with Gasteiger partial charge in [-0.15, -0.1) is 0 Å². The summed E-state index contributed by atoms with van der Waals surface area (Å²) in [6.45, 7) is 8.17. The van der Waals surface area contributed by atoms with Crippen molar-refractivity contribution in [1.29, 1.82) is 0 Å². The molecule has 0 bridgehead atoms. The number of carbonyl (C=O) groups excluding carboxylic acids is 1. The lowest BCUT2D eigenvalue weighted by Crippen LogP contribution is -2.34. The molecule has 1 aliphatic heterocycles. The van der Waals surface area contributed by atoms with Crippen molar-refractivity contribution in [2.45, 2.75) is 39.7 Å². The van der Waals surface area contributed by atoms with E-state index < -0.39 is 0 Å². The van der Waals surface area contributed by atoms with E-state index in [0.717, 1.165) is 24.8 Å². The van der Waals surface area contributed by atoms with Gasteiger partial charge in [0.05, 0.1) is 12.4 Å². The predicted octanol–water partition coefficient (Wildman–Crippen LogP) is 1.85. The van der Waals surface area contributed by atoms with Gasteiger partial charge in [-0.25, -0.2) is 9.97 Å². The van der Waals surface area contributed by atoms with Crippen LogP contribution in [0.5, 0.6) is 0 Å². The average molecular weight is 262 g/mol. The third-order valence-corrected chi connectivity index (χ3v) is 3.40. The Balaban J connectivity index is 2.00. The van der Waals surface area contributed by atoms with Crippen LogP contribution in [-0.2, 0) is 0 Å². The van der Waals surface area contributed by atoms with E-state index in [9.17, 15) is 4.79 Å². The van der Waals surface area contributed by atoms with Crippen LogP contribution in [0.25, 0.3) is 0 Å². The molecule has 104 valence electrons. The summed E-state index contributed by atoms with van der Waals surface area (Å²) in [4.78, 5) is 22.6. The molecule has 2 heterocycles. The Kier molecular flexibility index (Phi) is 4.35. The van der Waals surface area contributed by atoms with Gasteiger partial charge in [-0.1, -0.05) is 6.92 Å². The van der Waals surface area contributed by atoms with Crippen LogP contribution in [-0.4, -0.2) is 35.0 Å². The number of carbonyl (C=O) groups is 1. The van der Waals surface area contributed by atoms with E-state index in [1.165, 1.54) is 12.8 Å². The molecule has 0 radical (unpaired) electrons. The predicted molar refractivity (Wildman–Crippen MR) is 75.2 cm³/mol. The average Bonchev–Trinajstić information content (AvgIpc) is 2.39. The molecule has 1 aromatic heterocycles. The van der Waals surface area contributed by atoms with Gasteiger partial charge in [0.2, 0.25) is 0 Å². The maximum absolute atomic E-state index is 11.8. The van der Waals surface area contributed by atoms with Gasteiger partial charge in [0.15, 0.2) is 0 Å². The first-order valence-electron chi connectivity index (χ1n) is 6.94. The van der Waals surface area contributed by atoms with Crippen LogP contribution in [0.15, 0.2) is 12.4 Å². The van der Waals surface area contributed by atoms with E-state index in [-0.39, 0.29) is 11.9 Å². The zero-order valence-corrected chi connectivity index (χ0v) is 11.9. The number of amides is 1. The fourth-order valence-electron chi connectivity index (χ4n) is 2.18. The lowest BCUT2D eigenvalue weighted by Gasteiger charge is -2.30. The van der Waals surface area contributed by atoms with Crippen LogP contribution < -0.4 is 10.2 Å². The Morgan fingerprint density at radius 3 is 2.53 bits per heavy atom. The van der Waals surface area contributed by atoms with Crippen molar-refractivity contribution in [3.63, 3.8) is 0 Å². The molecule has 5 nitrogen and oxygen atoms in total. The molecule has 1 fully saturated rings. The van der Waals surface area contributed by atoms with Crippen LogP contribution in [0.3, 0.4) is 0 Å². The molecule has 0 unspecified atom stereocenters. The molecule has 1 aromatic rings. The highest BCUT2D eigenvalue weighted by atomic mass is 16.1. The minimum Gasteiger partial charge on any atom is -0.355 e. The smallest absolute Gasteiger partial charge is 0.271 e. The maximum Gasteiger partial charge on any atom is 0.271 e. The monoisotopic (exact) mass is 262 g/mol. The zero-order valence-electron chi connectivity index (χ0n) is 11.9. The summed E-state index contributed by atoms with van der Waals surface area (Å²) in [5.41, 5.74) is 0.378. The molecule has 1 saturated heterocycles. The molecule has 19 heavy (non-hydrogen) atoms. The molecule has 0 saturated carbocycles. The minimum atomic E-state index is -0.165. The summed E-state index contributed by atoms with van der Waals surface area (Å²) in [5.74, 6) is 1.50. The number of hydrogen-bond donors (Lipinski definition) is 1. The van der Waals surface area contributed by atoms with E-state index >= 15 is 0 Å². The van der Waals surface area contributed by atoms with E-state index in [1.54, 1.807) is 12.4 Å². The fourth-order valence-corrected chi connectivity index (χ4v) is 2.18. The molecule has 0 atom stereocenters. The summed E-state index contributed by atoms with van der Waals surface area (Å²) in [6.07, 6.45) is 5.64. The van der Waals surface area contributed by atoms with Crippen LogP contribution in [0.2, 0.25) is 0 Å². The van der Waals surface area contributed by atoms with Crippen LogP contribution in [0.1, 0.15) is 44.1 Å². The minimum absolute atomic E-state index is 0.109. The summed E-state index contributed by atoms with van der Waals surface area (Å²) in [5, 5.41) is 2.81. The number of piperidine rings is 1. The van der Waals surface area contributed by atoms with Gasteiger partial charge in [0.25, 0.3) is 5.91 Å². The van der Waals surface area contributed by atoms with Crippen LogP contribution >= 0.6 is 0 Å². The zero-order chi connectivity index (χ0) is 13.8. The lowest BCUT2D eigenvalue weighted by atomic mass is 9.99. The second-order valence-corrected chi connectivity index (χ2v) is 5.56. The highest BCUT2D eigenvalue weighted by Gasteiger charge is 2.17. The maximum atomic E-state index is 11.8. The molecule has 1 amide bonds. The first kappa shape index (κ1) is 13.8. The lowest BCUT2D eigenvalue weighted by molar-refractivity contribution is 0.0937. The Morgan fingerprint density at radius 1 is 1.32 bits per heavy atom. The molecule has 2 rings (SSSR count). The number of rotatable bonds is 3. The van der Waals surface area contributed by atoms with E-state index in [4.69, 9.17) is 0 Å². The first-order valence-corrected chi connectivity index (χ1v) is 6.94. The number of aromatic nitrogens is 2. The van der Waals surface area contributed by atoms with Crippen LogP contribution in [0, 0.1) is 5.92 Å². The van der Waals surface area contributed by atoms with E-state index in [2.05, 4.69) is 27.1 Å². The van der Waals surface area contributed by atoms with Crippen molar-refractivity contribution >= 4 is 11.7 Å². The van der Waals surface area contributed by atoms with Crippen molar-refractivity contribution < 1.29 is 4.79 Å². The van der Waals surface area contributed by atoms with Crippen molar-refractivity contribution in [1.82, 2.24) is 15.3 Å². The van der Waals surface area contributed by atoms with Gasteiger partial charge in [-0.2, -0.15) is 0 Å². The molecule has 0 aromatic carbocycles. The third-order valence-electron chi connectivity index (χ3n) is 3.40. The van der Waals surface area contributed by atoms with Crippen molar-refractivity contribution in [3.8, 4) is 0 Å². The standard InChI is InChI=1S/C14H22N4O/c1-10(2)17-14(19)12-8-16-13(9-15-12)18-6-4-11(3)5-7-18/h8-11H,4-7H2,1-3H3,(H,17,19). The third kappa shape index (κ3) is 3.66. The number of nitrogens with zero attached hydrogens (tertiary/aromatic N) is 3. The topological polar surface area (TPSA) is 58.1 Å². The van der Waals surface area contributed by atoms with Gasteiger partial charge in [-0.3, -0.25) is 4.79 Å². The van der Waals surface area contributed by atoms with Crippen LogP contribution in [0.4, 0.5) is 5.82 Å². The number of hydrogen-bond acceptors (Lipinski definition) is 4. The fraction of sp³-hybridized carbons (Fsp3) is 0.643.